The Bertz CT molecular complexity index is 870. The summed E-state index contributed by atoms with van der Waals surface area (Å²) < 4.78 is 12.0. The lowest BCUT2D eigenvalue weighted by Crippen LogP contribution is -2.33. The van der Waals surface area contributed by atoms with Crippen molar-refractivity contribution in [2.45, 2.75) is 13.8 Å². The second-order valence-corrected chi connectivity index (χ2v) is 6.61. The lowest BCUT2D eigenvalue weighted by Gasteiger charge is -2.17. The highest BCUT2D eigenvalue weighted by Crippen LogP contribution is 2.35. The summed E-state index contributed by atoms with van der Waals surface area (Å²) in [6.45, 7) is 4.90. The van der Waals surface area contributed by atoms with Crippen molar-refractivity contribution < 1.29 is 19.1 Å². The van der Waals surface area contributed by atoms with Gasteiger partial charge >= 0.3 is 6.09 Å². The number of hydrogen-bond donors (Lipinski definition) is 0. The summed E-state index contributed by atoms with van der Waals surface area (Å²) >= 11 is 3.38. The molecule has 0 radical (unpaired) electrons. The number of carbonyl (C=O) groups excluding carboxylic acids is 2. The van der Waals surface area contributed by atoms with E-state index in [0.717, 1.165) is 10.0 Å². The van der Waals surface area contributed by atoms with E-state index in [1.807, 2.05) is 38.1 Å². The van der Waals surface area contributed by atoms with Gasteiger partial charge in [0, 0.05) is 23.6 Å². The summed E-state index contributed by atoms with van der Waals surface area (Å²) in [5.41, 5.74) is 1.31. The van der Waals surface area contributed by atoms with Gasteiger partial charge in [-0.05, 0) is 49.8 Å². The number of ether oxygens (including phenoxy) is 2. The van der Waals surface area contributed by atoms with Gasteiger partial charge in [-0.1, -0.05) is 28.1 Å². The number of halogens is 1. The summed E-state index contributed by atoms with van der Waals surface area (Å²) in [6, 6.07) is 12.3. The number of rotatable bonds is 4. The van der Waals surface area contributed by atoms with Crippen LogP contribution in [-0.2, 0) is 0 Å². The van der Waals surface area contributed by atoms with E-state index in [1.54, 1.807) is 29.2 Å². The molecule has 1 aliphatic heterocycles. The minimum absolute atomic E-state index is 0.190. The largest absolute Gasteiger partial charge is 0.452 e. The van der Waals surface area contributed by atoms with Gasteiger partial charge in [0.2, 0.25) is 5.78 Å². The molecule has 0 atom stereocenters. The third-order valence-electron chi connectivity index (χ3n) is 4.04. The Kier molecular flexibility index (Phi) is 5.42. The second kappa shape index (κ2) is 7.74. The molecule has 0 saturated carbocycles. The normalized spacial score (nSPS) is 14.1. The molecule has 0 aliphatic carbocycles. The number of benzene rings is 2. The second-order valence-electron chi connectivity index (χ2n) is 5.69. The van der Waals surface area contributed by atoms with Crippen LogP contribution in [0.4, 0.5) is 4.79 Å². The van der Waals surface area contributed by atoms with Gasteiger partial charge < -0.3 is 14.4 Å². The summed E-state index contributed by atoms with van der Waals surface area (Å²) in [4.78, 5) is 26.1. The molecule has 2 aromatic carbocycles. The molecule has 1 heterocycles. The first-order chi connectivity index (χ1) is 12.5. The number of allylic oxidation sites excluding steroid dienone is 1. The van der Waals surface area contributed by atoms with Gasteiger partial charge in [-0.3, -0.25) is 4.79 Å². The highest BCUT2D eigenvalue weighted by molar-refractivity contribution is 9.10. The molecule has 0 unspecified atom stereocenters. The van der Waals surface area contributed by atoms with Crippen molar-refractivity contribution >= 4 is 33.9 Å². The zero-order chi connectivity index (χ0) is 18.7. The van der Waals surface area contributed by atoms with Crippen LogP contribution in [0.2, 0.25) is 0 Å². The summed E-state index contributed by atoms with van der Waals surface area (Å²) in [6.07, 6.45) is 1.26. The van der Waals surface area contributed by atoms with Gasteiger partial charge in [-0.2, -0.15) is 0 Å². The molecular weight excluding hydrogens is 398 g/mol. The first-order valence-electron chi connectivity index (χ1n) is 8.32. The highest BCUT2D eigenvalue weighted by atomic mass is 79.9. The summed E-state index contributed by atoms with van der Waals surface area (Å²) in [5.74, 6) is 0.792. The zero-order valence-electron chi connectivity index (χ0n) is 14.5. The monoisotopic (exact) mass is 415 g/mol. The Morgan fingerprint density at radius 3 is 2.50 bits per heavy atom. The maximum atomic E-state index is 12.5. The average molecular weight is 416 g/mol. The number of ketones is 1. The van der Waals surface area contributed by atoms with E-state index >= 15 is 0 Å². The topological polar surface area (TPSA) is 55.8 Å². The fraction of sp³-hybridized carbons (Fsp3) is 0.200. The van der Waals surface area contributed by atoms with E-state index in [2.05, 4.69) is 15.9 Å². The fourth-order valence-corrected chi connectivity index (χ4v) is 2.85. The van der Waals surface area contributed by atoms with Crippen molar-refractivity contribution in [2.24, 2.45) is 0 Å². The van der Waals surface area contributed by atoms with E-state index in [1.165, 1.54) is 0 Å². The fourth-order valence-electron chi connectivity index (χ4n) is 2.59. The van der Waals surface area contributed by atoms with Crippen molar-refractivity contribution in [3.63, 3.8) is 0 Å². The van der Waals surface area contributed by atoms with Crippen molar-refractivity contribution in [1.82, 2.24) is 4.90 Å². The average Bonchev–Trinajstić information content (AvgIpc) is 2.93. The lowest BCUT2D eigenvalue weighted by atomic mass is 10.1. The molecule has 0 aromatic heterocycles. The van der Waals surface area contributed by atoms with E-state index in [0.29, 0.717) is 30.2 Å². The Morgan fingerprint density at radius 1 is 1.15 bits per heavy atom. The SMILES string of the molecule is CCN(CC)C(=O)Oc1ccc2c(c1)O/C(=C/c1ccc(Br)cc1)C2=O. The van der Waals surface area contributed by atoms with Crippen LogP contribution in [0.15, 0.2) is 52.7 Å². The van der Waals surface area contributed by atoms with E-state index < -0.39 is 6.09 Å². The van der Waals surface area contributed by atoms with Crippen LogP contribution < -0.4 is 9.47 Å². The molecule has 5 nitrogen and oxygen atoms in total. The number of fused-ring (bicyclic) bond motifs is 1. The first kappa shape index (κ1) is 18.2. The highest BCUT2D eigenvalue weighted by Gasteiger charge is 2.28. The van der Waals surface area contributed by atoms with Crippen LogP contribution in [0.1, 0.15) is 29.8 Å². The van der Waals surface area contributed by atoms with Gasteiger partial charge in [0.25, 0.3) is 0 Å². The van der Waals surface area contributed by atoms with Crippen molar-refractivity contribution in [2.75, 3.05) is 13.1 Å². The predicted molar refractivity (Wildman–Crippen MR) is 102 cm³/mol. The lowest BCUT2D eigenvalue weighted by molar-refractivity contribution is 0.101. The molecule has 3 rings (SSSR count). The quantitative estimate of drug-likeness (QED) is 0.665. The van der Waals surface area contributed by atoms with Crippen LogP contribution in [0, 0.1) is 0 Å². The number of amides is 1. The predicted octanol–water partition coefficient (Wildman–Crippen LogP) is 4.91. The minimum Gasteiger partial charge on any atom is -0.452 e. The maximum Gasteiger partial charge on any atom is 0.415 e. The molecule has 0 bridgehead atoms. The third-order valence-corrected chi connectivity index (χ3v) is 4.56. The van der Waals surface area contributed by atoms with Crippen molar-refractivity contribution in [3.8, 4) is 11.5 Å². The summed E-state index contributed by atoms with van der Waals surface area (Å²) in [5, 5.41) is 0. The molecule has 0 N–H and O–H groups in total. The molecule has 26 heavy (non-hydrogen) atoms. The van der Waals surface area contributed by atoms with Crippen molar-refractivity contribution in [3.05, 3.63) is 63.8 Å². The van der Waals surface area contributed by atoms with Crippen LogP contribution in [-0.4, -0.2) is 29.9 Å². The molecule has 0 fully saturated rings. The van der Waals surface area contributed by atoms with Gasteiger partial charge in [0.05, 0.1) is 5.56 Å². The van der Waals surface area contributed by atoms with Crippen LogP contribution in [0.25, 0.3) is 6.08 Å². The molecule has 2 aromatic rings. The molecule has 0 spiro atoms. The first-order valence-corrected chi connectivity index (χ1v) is 9.11. The molecule has 0 saturated heterocycles. The van der Waals surface area contributed by atoms with Crippen LogP contribution >= 0.6 is 15.9 Å². The van der Waals surface area contributed by atoms with Crippen LogP contribution in [0.3, 0.4) is 0 Å². The summed E-state index contributed by atoms with van der Waals surface area (Å²) in [7, 11) is 0. The minimum atomic E-state index is -0.426. The standard InChI is InChI=1S/C20H18BrNO4/c1-3-22(4-2)20(24)25-15-9-10-16-17(12-15)26-18(19(16)23)11-13-5-7-14(21)8-6-13/h5-12H,3-4H2,1-2H3/b18-11+. The van der Waals surface area contributed by atoms with Gasteiger partial charge in [0.15, 0.2) is 5.76 Å². The van der Waals surface area contributed by atoms with Crippen molar-refractivity contribution in [1.29, 1.82) is 0 Å². The molecule has 6 heteroatoms. The molecular formula is C20H18BrNO4. The number of Topliss-reactive ketones (excluding diaryl/α,β-unsaturated/α-hetero) is 1. The Balaban J connectivity index is 1.80. The van der Waals surface area contributed by atoms with Gasteiger partial charge in [0.1, 0.15) is 11.5 Å². The van der Waals surface area contributed by atoms with Gasteiger partial charge in [-0.25, -0.2) is 4.79 Å². The van der Waals surface area contributed by atoms with E-state index in [9.17, 15) is 9.59 Å². The number of hydrogen-bond acceptors (Lipinski definition) is 4. The number of carbonyl (C=O) groups is 2. The number of nitrogens with zero attached hydrogens (tertiary/aromatic N) is 1. The third kappa shape index (κ3) is 3.80. The van der Waals surface area contributed by atoms with Gasteiger partial charge in [-0.15, -0.1) is 0 Å². The molecule has 1 aliphatic rings. The zero-order valence-corrected chi connectivity index (χ0v) is 16.1. The Labute approximate surface area is 160 Å². The Hall–Kier alpha value is -2.60. The smallest absolute Gasteiger partial charge is 0.415 e. The molecule has 134 valence electrons. The van der Waals surface area contributed by atoms with E-state index in [4.69, 9.17) is 9.47 Å². The molecule has 1 amide bonds. The Morgan fingerprint density at radius 2 is 1.85 bits per heavy atom. The maximum absolute atomic E-state index is 12.5. The van der Waals surface area contributed by atoms with E-state index in [-0.39, 0.29) is 11.5 Å². The van der Waals surface area contributed by atoms with Crippen LogP contribution in [0.5, 0.6) is 11.5 Å².